The number of nitrogens with zero attached hydrogens (tertiary/aromatic N) is 4. The molecule has 1 unspecified atom stereocenters. The van der Waals surface area contributed by atoms with Crippen LogP contribution in [0.3, 0.4) is 0 Å². The number of alkyl halides is 2. The van der Waals surface area contributed by atoms with Gasteiger partial charge in [0.25, 0.3) is 6.43 Å². The Hall–Kier alpha value is -3.93. The van der Waals surface area contributed by atoms with Crippen LogP contribution in [-0.4, -0.2) is 37.6 Å². The first kappa shape index (κ1) is 26.7. The third-order valence-corrected chi connectivity index (χ3v) is 6.92. The number of hydrogen-bond donors (Lipinski definition) is 1. The predicted octanol–water partition coefficient (Wildman–Crippen LogP) is 5.97. The Morgan fingerprint density at radius 1 is 1.13 bits per heavy atom. The van der Waals surface area contributed by atoms with Gasteiger partial charge in [0, 0.05) is 31.2 Å². The molecule has 5 rings (SSSR count). The lowest BCUT2D eigenvalue weighted by Crippen LogP contribution is -2.55. The summed E-state index contributed by atoms with van der Waals surface area (Å²) in [5.74, 6) is -1.03. The number of fused-ring (bicyclic) bond motifs is 1. The number of halogens is 4. The van der Waals surface area contributed by atoms with Crippen LogP contribution in [-0.2, 0) is 12.1 Å². The molecule has 39 heavy (non-hydrogen) atoms. The van der Waals surface area contributed by atoms with Crippen molar-refractivity contribution < 1.29 is 36.6 Å². The lowest BCUT2D eigenvalue weighted by molar-refractivity contribution is -0.137. The molecule has 0 saturated carbocycles. The summed E-state index contributed by atoms with van der Waals surface area (Å²) in [6.45, 7) is 5.17. The number of hydrogen-bond acceptors (Lipinski definition) is 7. The van der Waals surface area contributed by atoms with Gasteiger partial charge < -0.3 is 23.6 Å². The van der Waals surface area contributed by atoms with E-state index < -0.39 is 34.8 Å². The van der Waals surface area contributed by atoms with E-state index in [1.54, 1.807) is 29.8 Å². The largest absolute Gasteiger partial charge is 0.496 e. The summed E-state index contributed by atoms with van der Waals surface area (Å²) in [5, 5.41) is 19.9. The Bertz CT molecular complexity index is 1510. The van der Waals surface area contributed by atoms with Crippen LogP contribution in [0.1, 0.15) is 50.4 Å². The van der Waals surface area contributed by atoms with Gasteiger partial charge >= 0.3 is 0 Å². The number of rotatable bonds is 7. The second-order valence-electron chi connectivity index (χ2n) is 9.85. The van der Waals surface area contributed by atoms with E-state index in [-0.39, 0.29) is 18.0 Å². The van der Waals surface area contributed by atoms with E-state index in [9.17, 15) is 22.7 Å². The fraction of sp³-hybridized carbons (Fsp3) is 0.370. The van der Waals surface area contributed by atoms with Crippen LogP contribution in [0.25, 0.3) is 22.7 Å². The molecule has 12 heteroatoms. The summed E-state index contributed by atoms with van der Waals surface area (Å²) in [4.78, 5) is 4.13. The Kier molecular flexibility index (Phi) is 6.61. The van der Waals surface area contributed by atoms with E-state index in [0.29, 0.717) is 59.5 Å². The maximum atomic E-state index is 14.4. The Morgan fingerprint density at radius 3 is 2.44 bits per heavy atom. The third kappa shape index (κ3) is 4.52. The Morgan fingerprint density at radius 2 is 1.85 bits per heavy atom. The van der Waals surface area contributed by atoms with Crippen molar-refractivity contribution >= 4 is 0 Å². The van der Waals surface area contributed by atoms with Crippen molar-refractivity contribution in [3.05, 3.63) is 65.4 Å². The molecular formula is C27H26F4N4O4. The number of benzene rings is 2. The highest BCUT2D eigenvalue weighted by Crippen LogP contribution is 2.46. The van der Waals surface area contributed by atoms with Crippen molar-refractivity contribution in [2.75, 3.05) is 7.11 Å². The number of oxazole rings is 1. The van der Waals surface area contributed by atoms with Gasteiger partial charge in [-0.1, -0.05) is 6.07 Å². The molecule has 0 bridgehead atoms. The van der Waals surface area contributed by atoms with Crippen LogP contribution < -0.4 is 9.47 Å². The number of aliphatic hydroxyl groups is 1. The molecule has 0 amide bonds. The molecule has 0 radical (unpaired) electrons. The normalized spacial score (nSPS) is 17.4. The predicted molar refractivity (Wildman–Crippen MR) is 131 cm³/mol. The van der Waals surface area contributed by atoms with Gasteiger partial charge in [-0.3, -0.25) is 0 Å². The van der Waals surface area contributed by atoms with E-state index in [4.69, 9.17) is 13.9 Å². The summed E-state index contributed by atoms with van der Waals surface area (Å²) in [6, 6.07) is 6.74. The van der Waals surface area contributed by atoms with Gasteiger partial charge in [0.2, 0.25) is 0 Å². The molecule has 206 valence electrons. The van der Waals surface area contributed by atoms with Crippen molar-refractivity contribution in [2.24, 2.45) is 0 Å². The fourth-order valence-electron chi connectivity index (χ4n) is 4.98. The number of aryl methyl sites for hydroxylation is 1. The summed E-state index contributed by atoms with van der Waals surface area (Å²) in [6.07, 6.45) is -1.02. The van der Waals surface area contributed by atoms with Gasteiger partial charge in [-0.2, -0.15) is 0 Å². The minimum atomic E-state index is -3.33. The van der Waals surface area contributed by atoms with E-state index in [1.165, 1.54) is 21.0 Å². The molecule has 0 fully saturated rings. The lowest BCUT2D eigenvalue weighted by Gasteiger charge is -2.44. The van der Waals surface area contributed by atoms with Gasteiger partial charge in [0.05, 0.1) is 24.4 Å². The van der Waals surface area contributed by atoms with Gasteiger partial charge in [-0.25, -0.2) is 22.5 Å². The zero-order valence-electron chi connectivity index (χ0n) is 21.6. The van der Waals surface area contributed by atoms with E-state index in [2.05, 4.69) is 15.2 Å². The molecule has 2 aromatic heterocycles. The molecule has 0 saturated heterocycles. The molecule has 0 aliphatic carbocycles. The van der Waals surface area contributed by atoms with Crippen LogP contribution in [0.5, 0.6) is 11.5 Å². The van der Waals surface area contributed by atoms with Crippen molar-refractivity contribution in [1.82, 2.24) is 19.7 Å². The standard InChI is InChI=1S/C27H26F4N4O4/c1-14-32-13-21(38-14)17-7-6-15(10-20(17)37-4)24-33-34-25-27(26(2,3)36,8-5-9-35(24)25)39-16-11-18(28)22(23(30)31)19(29)12-16/h6-7,10-13,23,36H,5,8-9H2,1-4H3. The highest BCUT2D eigenvalue weighted by Gasteiger charge is 2.53. The molecular weight excluding hydrogens is 520 g/mol. The van der Waals surface area contributed by atoms with Crippen molar-refractivity contribution in [3.63, 3.8) is 0 Å². The lowest BCUT2D eigenvalue weighted by atomic mass is 9.79. The summed E-state index contributed by atoms with van der Waals surface area (Å²) in [5.41, 5.74) is -3.22. The van der Waals surface area contributed by atoms with Crippen molar-refractivity contribution in [2.45, 2.75) is 57.8 Å². The van der Waals surface area contributed by atoms with Crippen molar-refractivity contribution in [1.29, 1.82) is 0 Å². The molecule has 4 aromatic rings. The zero-order valence-corrected chi connectivity index (χ0v) is 21.6. The fourth-order valence-corrected chi connectivity index (χ4v) is 4.98. The van der Waals surface area contributed by atoms with Crippen LogP contribution >= 0.6 is 0 Å². The SMILES string of the molecule is COc1cc(-c2nnc3n2CCCC3(Oc2cc(F)c(C(F)F)c(F)c2)C(C)(C)O)ccc1-c1cnc(C)o1. The van der Waals surface area contributed by atoms with Gasteiger partial charge in [0.1, 0.15) is 28.7 Å². The summed E-state index contributed by atoms with van der Waals surface area (Å²) in [7, 11) is 1.52. The highest BCUT2D eigenvalue weighted by molar-refractivity contribution is 5.71. The van der Waals surface area contributed by atoms with E-state index in [0.717, 1.165) is 0 Å². The minimum absolute atomic E-state index is 0.224. The van der Waals surface area contributed by atoms with Crippen LogP contribution in [0.2, 0.25) is 0 Å². The number of ether oxygens (including phenoxy) is 2. The molecule has 0 spiro atoms. The minimum Gasteiger partial charge on any atom is -0.496 e. The smallest absolute Gasteiger partial charge is 0.269 e. The van der Waals surface area contributed by atoms with Gasteiger partial charge in [-0.05, 0) is 38.8 Å². The van der Waals surface area contributed by atoms with Gasteiger partial charge in [-0.15, -0.1) is 10.2 Å². The molecule has 2 aromatic carbocycles. The quantitative estimate of drug-likeness (QED) is 0.285. The van der Waals surface area contributed by atoms with E-state index in [1.807, 2.05) is 6.07 Å². The molecule has 8 nitrogen and oxygen atoms in total. The zero-order chi connectivity index (χ0) is 28.1. The Labute approximate surface area is 221 Å². The summed E-state index contributed by atoms with van der Waals surface area (Å²) < 4.78 is 73.9. The second-order valence-corrected chi connectivity index (χ2v) is 9.85. The van der Waals surface area contributed by atoms with Crippen LogP contribution in [0.4, 0.5) is 17.6 Å². The number of methoxy groups -OCH3 is 1. The molecule has 1 N–H and O–H groups in total. The van der Waals surface area contributed by atoms with Crippen molar-refractivity contribution in [3.8, 4) is 34.2 Å². The van der Waals surface area contributed by atoms with Crippen LogP contribution in [0.15, 0.2) is 40.9 Å². The topological polar surface area (TPSA) is 95.4 Å². The molecule has 3 heterocycles. The van der Waals surface area contributed by atoms with Crippen LogP contribution in [0, 0.1) is 18.6 Å². The maximum absolute atomic E-state index is 14.4. The highest BCUT2D eigenvalue weighted by atomic mass is 19.3. The molecule has 1 aliphatic heterocycles. The number of aromatic nitrogens is 4. The first-order chi connectivity index (χ1) is 18.4. The maximum Gasteiger partial charge on any atom is 0.269 e. The first-order valence-electron chi connectivity index (χ1n) is 12.2. The second kappa shape index (κ2) is 9.67. The monoisotopic (exact) mass is 546 g/mol. The average Bonchev–Trinajstić information content (AvgIpc) is 3.49. The molecule has 1 atom stereocenters. The van der Waals surface area contributed by atoms with Gasteiger partial charge in [0.15, 0.2) is 28.9 Å². The first-order valence-corrected chi connectivity index (χ1v) is 12.2. The average molecular weight is 547 g/mol. The molecule has 1 aliphatic rings. The van der Waals surface area contributed by atoms with E-state index >= 15 is 0 Å². The third-order valence-electron chi connectivity index (χ3n) is 6.92. The summed E-state index contributed by atoms with van der Waals surface area (Å²) >= 11 is 0. The Balaban J connectivity index is 1.58.